The molecule has 0 amide bonds. The van der Waals surface area contributed by atoms with Crippen LogP contribution in [0.2, 0.25) is 0 Å². The zero-order chi connectivity index (χ0) is 28.8. The van der Waals surface area contributed by atoms with Crippen molar-refractivity contribution in [2.45, 2.75) is 50.6 Å². The molecule has 0 spiro atoms. The second kappa shape index (κ2) is 10.9. The fraction of sp³-hybridized carbons (Fsp3) is 0.452. The number of Topliss-reactive ketones (excluding diaryl/α,β-unsaturated/α-hetero) is 1. The monoisotopic (exact) mass is 595 g/mol. The van der Waals surface area contributed by atoms with E-state index in [1.54, 1.807) is 12.1 Å². The topological polar surface area (TPSA) is 91.1 Å². The van der Waals surface area contributed by atoms with Gasteiger partial charge in [-0.2, -0.15) is 5.26 Å². The van der Waals surface area contributed by atoms with Crippen molar-refractivity contribution < 1.29 is 22.0 Å². The summed E-state index contributed by atoms with van der Waals surface area (Å²) in [5, 5.41) is 10.3. The molecule has 3 aliphatic rings. The summed E-state index contributed by atoms with van der Waals surface area (Å²) >= 11 is 1.47. The van der Waals surface area contributed by atoms with Crippen molar-refractivity contribution in [1.82, 2.24) is 4.98 Å². The average Bonchev–Trinajstić information content (AvgIpc) is 3.60. The van der Waals surface area contributed by atoms with E-state index in [0.29, 0.717) is 43.8 Å². The number of aromatic nitrogens is 1. The van der Waals surface area contributed by atoms with Gasteiger partial charge in [-0.15, -0.1) is 11.3 Å². The normalized spacial score (nSPS) is 24.9. The number of nitriles is 1. The van der Waals surface area contributed by atoms with Crippen molar-refractivity contribution in [2.24, 2.45) is 11.3 Å². The number of rotatable bonds is 7. The molecule has 2 saturated carbocycles. The molecule has 6 rings (SSSR count). The van der Waals surface area contributed by atoms with Gasteiger partial charge >= 0.3 is 0 Å². The highest BCUT2D eigenvalue weighted by Gasteiger charge is 2.48. The molecule has 3 aromatic rings. The van der Waals surface area contributed by atoms with E-state index in [9.17, 15) is 27.3 Å². The number of anilines is 1. The first-order valence-electron chi connectivity index (χ1n) is 14.1. The van der Waals surface area contributed by atoms with Gasteiger partial charge in [0, 0.05) is 42.6 Å². The predicted octanol–water partition coefficient (Wildman–Crippen LogP) is 6.34. The Kier molecular flexibility index (Phi) is 7.45. The number of alkyl halides is 1. The van der Waals surface area contributed by atoms with Crippen molar-refractivity contribution in [3.63, 3.8) is 0 Å². The Hall–Kier alpha value is -3.16. The van der Waals surface area contributed by atoms with Gasteiger partial charge in [0.05, 0.1) is 33.6 Å². The fourth-order valence-electron chi connectivity index (χ4n) is 6.05. The maximum atomic E-state index is 14.7. The van der Waals surface area contributed by atoms with Crippen LogP contribution < -0.4 is 4.90 Å². The van der Waals surface area contributed by atoms with Crippen LogP contribution >= 0.6 is 11.3 Å². The Morgan fingerprint density at radius 3 is 2.34 bits per heavy atom. The zero-order valence-corrected chi connectivity index (χ0v) is 24.2. The van der Waals surface area contributed by atoms with Crippen LogP contribution in [0.15, 0.2) is 48.5 Å². The second-order valence-electron chi connectivity index (χ2n) is 11.6. The van der Waals surface area contributed by atoms with Crippen LogP contribution in [-0.4, -0.2) is 50.0 Å². The molecule has 1 aromatic heterocycles. The quantitative estimate of drug-likeness (QED) is 0.317. The standard InChI is InChI=1S/C31H31F2N3O3S2/c32-22-5-1-21(2-6-22)30-35-28(25-10-7-23(33)17-26(25)27(37)18-31(19-34)11-12-31)29(40-30)20-3-8-24(9-4-20)36-13-15-41(38,39)16-14-36/h1-6,8-9,23,25-26H,7,10-18H2/t23-,25+,26+/m0/s1. The molecule has 1 saturated heterocycles. The Labute approximate surface area is 242 Å². The van der Waals surface area contributed by atoms with E-state index in [1.807, 2.05) is 24.3 Å². The Bertz CT molecular complexity index is 1580. The summed E-state index contributed by atoms with van der Waals surface area (Å²) in [6, 6.07) is 16.3. The van der Waals surface area contributed by atoms with Gasteiger partial charge in [0.25, 0.3) is 0 Å². The van der Waals surface area contributed by atoms with Gasteiger partial charge in [-0.1, -0.05) is 12.1 Å². The maximum Gasteiger partial charge on any atom is 0.153 e. The number of ketones is 1. The summed E-state index contributed by atoms with van der Waals surface area (Å²) in [7, 11) is -2.99. The molecule has 6 nitrogen and oxygen atoms in total. The average molecular weight is 596 g/mol. The molecule has 41 heavy (non-hydrogen) atoms. The Morgan fingerprint density at radius 1 is 1.05 bits per heavy atom. The van der Waals surface area contributed by atoms with Crippen molar-refractivity contribution in [3.05, 3.63) is 60.0 Å². The Morgan fingerprint density at radius 2 is 1.71 bits per heavy atom. The smallest absolute Gasteiger partial charge is 0.153 e. The SMILES string of the molecule is N#CC1(CC(=O)[C@@H]2C[C@@H](F)CC[C@H]2c2nc(-c3ccc(F)cc3)sc2-c2ccc(N3CCS(=O)(=O)CC3)cc2)CC1. The van der Waals surface area contributed by atoms with Gasteiger partial charge in [0.15, 0.2) is 9.84 Å². The third-order valence-corrected chi connectivity index (χ3v) is 11.5. The first-order valence-corrected chi connectivity index (χ1v) is 16.7. The number of benzene rings is 2. The third kappa shape index (κ3) is 5.93. The van der Waals surface area contributed by atoms with E-state index in [2.05, 4.69) is 11.0 Å². The van der Waals surface area contributed by atoms with Gasteiger partial charge in [-0.3, -0.25) is 4.79 Å². The summed E-state index contributed by atoms with van der Waals surface area (Å²) in [6.07, 6.45) is 1.46. The number of sulfone groups is 1. The van der Waals surface area contributed by atoms with Crippen LogP contribution in [0.3, 0.4) is 0 Å². The summed E-state index contributed by atoms with van der Waals surface area (Å²) in [5.74, 6) is -0.972. The molecule has 1 aliphatic heterocycles. The molecule has 0 radical (unpaired) electrons. The largest absolute Gasteiger partial charge is 0.369 e. The molecule has 3 fully saturated rings. The summed E-state index contributed by atoms with van der Waals surface area (Å²) < 4.78 is 52.1. The second-order valence-corrected chi connectivity index (χ2v) is 14.9. The van der Waals surface area contributed by atoms with Crippen LogP contribution in [0.5, 0.6) is 0 Å². The van der Waals surface area contributed by atoms with Crippen LogP contribution in [0, 0.1) is 28.5 Å². The number of carbonyl (C=O) groups is 1. The van der Waals surface area contributed by atoms with E-state index < -0.39 is 27.3 Å². The van der Waals surface area contributed by atoms with Crippen molar-refractivity contribution in [3.8, 4) is 27.1 Å². The van der Waals surface area contributed by atoms with E-state index in [4.69, 9.17) is 4.98 Å². The zero-order valence-electron chi connectivity index (χ0n) is 22.6. The first-order chi connectivity index (χ1) is 19.7. The van der Waals surface area contributed by atoms with Crippen molar-refractivity contribution in [2.75, 3.05) is 29.5 Å². The lowest BCUT2D eigenvalue weighted by Gasteiger charge is -2.32. The lowest BCUT2D eigenvalue weighted by molar-refractivity contribution is -0.126. The van der Waals surface area contributed by atoms with Crippen molar-refractivity contribution >= 4 is 32.6 Å². The predicted molar refractivity (Wildman–Crippen MR) is 156 cm³/mol. The molecular weight excluding hydrogens is 564 g/mol. The fourth-order valence-corrected chi connectivity index (χ4v) is 8.39. The molecule has 3 atom stereocenters. The third-order valence-electron chi connectivity index (χ3n) is 8.74. The van der Waals surface area contributed by atoms with Crippen LogP contribution in [0.25, 0.3) is 21.0 Å². The van der Waals surface area contributed by atoms with Crippen LogP contribution in [-0.2, 0) is 14.6 Å². The summed E-state index contributed by atoms with van der Waals surface area (Å²) in [6.45, 7) is 0.894. The summed E-state index contributed by atoms with van der Waals surface area (Å²) in [4.78, 5) is 21.5. The molecular formula is C31H31F2N3O3S2. The summed E-state index contributed by atoms with van der Waals surface area (Å²) in [5.41, 5.74) is 2.75. The van der Waals surface area contributed by atoms with E-state index in [0.717, 1.165) is 27.4 Å². The van der Waals surface area contributed by atoms with Gasteiger partial charge in [-0.25, -0.2) is 22.2 Å². The number of carbonyl (C=O) groups excluding carboxylic acids is 1. The number of nitrogens with zero attached hydrogens (tertiary/aromatic N) is 3. The highest BCUT2D eigenvalue weighted by Crippen LogP contribution is 2.52. The lowest BCUT2D eigenvalue weighted by Crippen LogP contribution is -2.40. The van der Waals surface area contributed by atoms with Gasteiger partial charge in [0.1, 0.15) is 22.8 Å². The highest BCUT2D eigenvalue weighted by atomic mass is 32.2. The number of halogens is 2. The molecule has 2 aromatic carbocycles. The number of thiazole rings is 1. The molecule has 0 bridgehead atoms. The molecule has 2 heterocycles. The minimum atomic E-state index is -2.99. The molecule has 10 heteroatoms. The first kappa shape index (κ1) is 28.0. The van der Waals surface area contributed by atoms with Crippen molar-refractivity contribution in [1.29, 1.82) is 5.26 Å². The van der Waals surface area contributed by atoms with E-state index in [1.165, 1.54) is 23.5 Å². The minimum absolute atomic E-state index is 0.0610. The number of hydrogen-bond acceptors (Lipinski definition) is 7. The van der Waals surface area contributed by atoms with Crippen LogP contribution in [0.4, 0.5) is 14.5 Å². The number of hydrogen-bond donors (Lipinski definition) is 0. The van der Waals surface area contributed by atoms with E-state index in [-0.39, 0.29) is 41.9 Å². The maximum absolute atomic E-state index is 14.7. The lowest BCUT2D eigenvalue weighted by atomic mass is 9.72. The van der Waals surface area contributed by atoms with Gasteiger partial charge in [0.2, 0.25) is 0 Å². The molecule has 214 valence electrons. The molecule has 0 N–H and O–H groups in total. The van der Waals surface area contributed by atoms with E-state index >= 15 is 0 Å². The minimum Gasteiger partial charge on any atom is -0.369 e. The molecule has 2 aliphatic carbocycles. The van der Waals surface area contributed by atoms with Gasteiger partial charge in [-0.05, 0) is 74.1 Å². The van der Waals surface area contributed by atoms with Gasteiger partial charge < -0.3 is 4.90 Å². The van der Waals surface area contributed by atoms with Crippen LogP contribution in [0.1, 0.15) is 50.1 Å². The Balaban J connectivity index is 1.36. The molecule has 0 unspecified atom stereocenters. The highest BCUT2D eigenvalue weighted by molar-refractivity contribution is 7.91.